The van der Waals surface area contributed by atoms with E-state index < -0.39 is 0 Å². The van der Waals surface area contributed by atoms with Crippen LogP contribution in [0.4, 0.5) is 0 Å². The Hall–Kier alpha value is -2.62. The number of pyridine rings is 1. The van der Waals surface area contributed by atoms with Crippen molar-refractivity contribution < 1.29 is 14.6 Å². The molecule has 0 fully saturated rings. The number of ether oxygens (including phenoxy) is 1. The lowest BCUT2D eigenvalue weighted by Crippen LogP contribution is -1.98. The second-order valence-corrected chi connectivity index (χ2v) is 3.87. The van der Waals surface area contributed by atoms with Gasteiger partial charge in [-0.2, -0.15) is 0 Å². The summed E-state index contributed by atoms with van der Waals surface area (Å²) in [5.41, 5.74) is 1.10. The molecule has 4 heteroatoms. The maximum atomic E-state index is 12.0. The molecule has 2 heterocycles. The third-order valence-electron chi connectivity index (χ3n) is 2.62. The number of carbonyl (C=O) groups is 1. The van der Waals surface area contributed by atoms with Gasteiger partial charge in [0.2, 0.25) is 5.78 Å². The molecule has 0 aliphatic carbocycles. The van der Waals surface area contributed by atoms with Crippen molar-refractivity contribution in [1.29, 1.82) is 0 Å². The highest BCUT2D eigenvalue weighted by atomic mass is 16.5. The summed E-state index contributed by atoms with van der Waals surface area (Å²) in [7, 11) is 0. The molecule has 3 rings (SSSR count). The molecule has 0 unspecified atom stereocenters. The van der Waals surface area contributed by atoms with Crippen LogP contribution in [0.25, 0.3) is 6.08 Å². The molecule has 1 N–H and O–H groups in total. The number of rotatable bonds is 1. The van der Waals surface area contributed by atoms with Gasteiger partial charge in [-0.15, -0.1) is 0 Å². The largest absolute Gasteiger partial charge is 0.508 e. The van der Waals surface area contributed by atoms with E-state index in [1.54, 1.807) is 30.5 Å². The maximum absolute atomic E-state index is 12.0. The van der Waals surface area contributed by atoms with Crippen molar-refractivity contribution >= 4 is 11.9 Å². The van der Waals surface area contributed by atoms with Gasteiger partial charge in [0.15, 0.2) is 5.76 Å². The average molecular weight is 239 g/mol. The van der Waals surface area contributed by atoms with E-state index in [1.807, 2.05) is 6.07 Å². The van der Waals surface area contributed by atoms with Crippen molar-refractivity contribution in [1.82, 2.24) is 4.98 Å². The standard InChI is InChI=1S/C14H9NO3/c16-10-4-5-11-12(8-10)18-13(14(11)17)7-9-3-1-2-6-15-9/h1-8,16H/b13-7+. The van der Waals surface area contributed by atoms with Crippen molar-refractivity contribution in [2.75, 3.05) is 0 Å². The third-order valence-corrected chi connectivity index (χ3v) is 2.62. The van der Waals surface area contributed by atoms with Crippen molar-refractivity contribution in [3.63, 3.8) is 0 Å². The lowest BCUT2D eigenvalue weighted by atomic mass is 10.1. The average Bonchev–Trinajstić information content (AvgIpc) is 2.67. The number of benzene rings is 1. The highest BCUT2D eigenvalue weighted by Crippen LogP contribution is 2.34. The van der Waals surface area contributed by atoms with E-state index in [0.717, 1.165) is 0 Å². The molecule has 0 atom stereocenters. The Morgan fingerprint density at radius 2 is 2.11 bits per heavy atom. The zero-order valence-electron chi connectivity index (χ0n) is 9.33. The Kier molecular flexibility index (Phi) is 2.34. The maximum Gasteiger partial charge on any atom is 0.232 e. The Bertz CT molecular complexity index is 647. The van der Waals surface area contributed by atoms with E-state index in [9.17, 15) is 9.90 Å². The van der Waals surface area contributed by atoms with Crippen LogP contribution in [0, 0.1) is 0 Å². The van der Waals surface area contributed by atoms with Gasteiger partial charge in [0.25, 0.3) is 0 Å². The molecular weight excluding hydrogens is 230 g/mol. The highest BCUT2D eigenvalue weighted by Gasteiger charge is 2.27. The minimum absolute atomic E-state index is 0.0700. The molecule has 1 aliphatic heterocycles. The molecular formula is C14H9NO3. The number of nitrogens with zero attached hydrogens (tertiary/aromatic N) is 1. The number of Topliss-reactive ketones (excluding diaryl/α,β-unsaturated/α-hetero) is 1. The normalized spacial score (nSPS) is 15.6. The van der Waals surface area contributed by atoms with Crippen molar-refractivity contribution in [2.24, 2.45) is 0 Å². The first-order valence-electron chi connectivity index (χ1n) is 5.42. The van der Waals surface area contributed by atoms with Gasteiger partial charge >= 0.3 is 0 Å². The molecule has 0 amide bonds. The summed E-state index contributed by atoms with van der Waals surface area (Å²) in [4.78, 5) is 16.1. The van der Waals surface area contributed by atoms with E-state index in [1.165, 1.54) is 12.1 Å². The Morgan fingerprint density at radius 3 is 2.89 bits per heavy atom. The first kappa shape index (κ1) is 10.5. The number of aromatic hydroxyl groups is 1. The zero-order chi connectivity index (χ0) is 12.5. The molecule has 0 radical (unpaired) electrons. The number of aromatic nitrogens is 1. The summed E-state index contributed by atoms with van der Waals surface area (Å²) in [5.74, 6) is 0.466. The van der Waals surface area contributed by atoms with E-state index in [0.29, 0.717) is 17.0 Å². The first-order valence-corrected chi connectivity index (χ1v) is 5.42. The molecule has 18 heavy (non-hydrogen) atoms. The second kappa shape index (κ2) is 4.00. The highest BCUT2D eigenvalue weighted by molar-refractivity contribution is 6.14. The zero-order valence-corrected chi connectivity index (χ0v) is 9.33. The number of phenols is 1. The van der Waals surface area contributed by atoms with Crippen LogP contribution in [-0.2, 0) is 0 Å². The van der Waals surface area contributed by atoms with Crippen LogP contribution in [0.2, 0.25) is 0 Å². The molecule has 2 aromatic rings. The van der Waals surface area contributed by atoms with E-state index in [4.69, 9.17) is 4.74 Å². The summed E-state index contributed by atoms with van der Waals surface area (Å²) in [6.07, 6.45) is 3.23. The fourth-order valence-electron chi connectivity index (χ4n) is 1.77. The molecule has 0 spiro atoms. The second-order valence-electron chi connectivity index (χ2n) is 3.87. The van der Waals surface area contributed by atoms with Crippen LogP contribution in [0.3, 0.4) is 0 Å². The molecule has 0 saturated carbocycles. The van der Waals surface area contributed by atoms with Crippen LogP contribution < -0.4 is 4.74 Å². The smallest absolute Gasteiger partial charge is 0.232 e. The summed E-state index contributed by atoms with van der Waals surface area (Å²) in [6.45, 7) is 0. The van der Waals surface area contributed by atoms with Crippen LogP contribution in [0.15, 0.2) is 48.4 Å². The summed E-state index contributed by atoms with van der Waals surface area (Å²) in [5, 5.41) is 9.34. The number of fused-ring (bicyclic) bond motifs is 1. The topological polar surface area (TPSA) is 59.4 Å². The fourth-order valence-corrected chi connectivity index (χ4v) is 1.77. The van der Waals surface area contributed by atoms with Crippen molar-refractivity contribution in [3.05, 3.63) is 59.6 Å². The Balaban J connectivity index is 2.00. The number of hydrogen-bond acceptors (Lipinski definition) is 4. The summed E-state index contributed by atoms with van der Waals surface area (Å²) < 4.78 is 5.42. The Morgan fingerprint density at radius 1 is 1.22 bits per heavy atom. The molecule has 1 aromatic carbocycles. The van der Waals surface area contributed by atoms with E-state index in [2.05, 4.69) is 4.98 Å². The van der Waals surface area contributed by atoms with Gasteiger partial charge < -0.3 is 9.84 Å². The molecule has 0 saturated heterocycles. The molecule has 4 nitrogen and oxygen atoms in total. The van der Waals surface area contributed by atoms with Crippen molar-refractivity contribution in [2.45, 2.75) is 0 Å². The quantitative estimate of drug-likeness (QED) is 0.776. The van der Waals surface area contributed by atoms with Gasteiger partial charge in [-0.05, 0) is 24.3 Å². The third kappa shape index (κ3) is 1.73. The number of ketones is 1. The predicted molar refractivity (Wildman–Crippen MR) is 65.3 cm³/mol. The van der Waals surface area contributed by atoms with Crippen LogP contribution in [0.1, 0.15) is 16.1 Å². The summed E-state index contributed by atoms with van der Waals surface area (Å²) >= 11 is 0. The van der Waals surface area contributed by atoms with Gasteiger partial charge in [-0.1, -0.05) is 6.07 Å². The van der Waals surface area contributed by atoms with Gasteiger partial charge in [-0.3, -0.25) is 9.78 Å². The molecule has 88 valence electrons. The monoisotopic (exact) mass is 239 g/mol. The minimum atomic E-state index is -0.198. The van der Waals surface area contributed by atoms with Crippen LogP contribution in [0.5, 0.6) is 11.5 Å². The number of allylic oxidation sites excluding steroid dienone is 1. The van der Waals surface area contributed by atoms with Gasteiger partial charge in [0, 0.05) is 18.3 Å². The van der Waals surface area contributed by atoms with Gasteiger partial charge in [-0.25, -0.2) is 0 Å². The molecule has 1 aromatic heterocycles. The van der Waals surface area contributed by atoms with Crippen LogP contribution in [-0.4, -0.2) is 15.9 Å². The SMILES string of the molecule is O=C1/C(=C\c2ccccn2)Oc2cc(O)ccc21. The fraction of sp³-hybridized carbons (Fsp3) is 0. The van der Waals surface area contributed by atoms with Crippen LogP contribution >= 0.6 is 0 Å². The first-order chi connectivity index (χ1) is 8.74. The van der Waals surface area contributed by atoms with Gasteiger partial charge in [0.1, 0.15) is 11.5 Å². The summed E-state index contributed by atoms with van der Waals surface area (Å²) in [6, 6.07) is 9.84. The number of hydrogen-bond donors (Lipinski definition) is 1. The van der Waals surface area contributed by atoms with E-state index in [-0.39, 0.29) is 17.3 Å². The minimum Gasteiger partial charge on any atom is -0.508 e. The number of phenolic OH excluding ortho intramolecular Hbond substituents is 1. The lowest BCUT2D eigenvalue weighted by molar-refractivity contribution is 0.101. The predicted octanol–water partition coefficient (Wildman–Crippen LogP) is 2.40. The molecule has 1 aliphatic rings. The molecule has 0 bridgehead atoms. The number of carbonyl (C=O) groups excluding carboxylic acids is 1. The van der Waals surface area contributed by atoms with Crippen molar-refractivity contribution in [3.8, 4) is 11.5 Å². The lowest BCUT2D eigenvalue weighted by Gasteiger charge is -1.98. The van der Waals surface area contributed by atoms with E-state index >= 15 is 0 Å². The van der Waals surface area contributed by atoms with Gasteiger partial charge in [0.05, 0.1) is 11.3 Å². The Labute approximate surface area is 103 Å².